The summed E-state index contributed by atoms with van der Waals surface area (Å²) in [5.41, 5.74) is 10.00. The van der Waals surface area contributed by atoms with Crippen LogP contribution in [0.4, 0.5) is 0 Å². The molecule has 108 valence electrons. The van der Waals surface area contributed by atoms with Gasteiger partial charge in [0.05, 0.1) is 5.69 Å². The Labute approximate surface area is 123 Å². The fourth-order valence-electron chi connectivity index (χ4n) is 2.71. The van der Waals surface area contributed by atoms with E-state index in [2.05, 4.69) is 5.10 Å². The van der Waals surface area contributed by atoms with Crippen molar-refractivity contribution < 1.29 is 4.79 Å². The Morgan fingerprint density at radius 1 is 1.29 bits per heavy atom. The van der Waals surface area contributed by atoms with E-state index in [0.29, 0.717) is 12.1 Å². The number of nitrogens with two attached hydrogens (primary N) is 1. The molecule has 0 aliphatic rings. The van der Waals surface area contributed by atoms with Crippen LogP contribution in [-0.2, 0) is 13.6 Å². The van der Waals surface area contributed by atoms with Crippen LogP contribution in [0.3, 0.4) is 0 Å². The summed E-state index contributed by atoms with van der Waals surface area (Å²) >= 11 is 0. The van der Waals surface area contributed by atoms with Gasteiger partial charge in [-0.2, -0.15) is 5.10 Å². The summed E-state index contributed by atoms with van der Waals surface area (Å²) in [6, 6.07) is 7.69. The zero-order valence-corrected chi connectivity index (χ0v) is 12.4. The van der Waals surface area contributed by atoms with Gasteiger partial charge in [-0.1, -0.05) is 0 Å². The lowest BCUT2D eigenvalue weighted by Crippen LogP contribution is -2.15. The van der Waals surface area contributed by atoms with Gasteiger partial charge in [-0.15, -0.1) is 0 Å². The minimum atomic E-state index is -0.124. The van der Waals surface area contributed by atoms with E-state index >= 15 is 0 Å². The van der Waals surface area contributed by atoms with E-state index in [0.717, 1.165) is 27.9 Å². The van der Waals surface area contributed by atoms with Gasteiger partial charge >= 0.3 is 0 Å². The summed E-state index contributed by atoms with van der Waals surface area (Å²) in [5, 5.41) is 5.37. The van der Waals surface area contributed by atoms with Crippen LogP contribution in [0.25, 0.3) is 10.9 Å². The number of benzene rings is 1. The van der Waals surface area contributed by atoms with Gasteiger partial charge in [0, 0.05) is 47.5 Å². The smallest absolute Gasteiger partial charge is 0.278 e. The molecular weight excluding hydrogens is 264 g/mol. The minimum Gasteiger partial charge on any atom is -0.351 e. The van der Waals surface area contributed by atoms with E-state index in [1.54, 1.807) is 0 Å². The van der Waals surface area contributed by atoms with E-state index in [4.69, 9.17) is 5.73 Å². The molecule has 5 heteroatoms. The van der Waals surface area contributed by atoms with E-state index in [1.165, 1.54) is 4.68 Å². The zero-order valence-electron chi connectivity index (χ0n) is 12.4. The van der Waals surface area contributed by atoms with Gasteiger partial charge in [0.2, 0.25) is 0 Å². The third-order valence-corrected chi connectivity index (χ3v) is 3.97. The van der Waals surface area contributed by atoms with Gasteiger partial charge < -0.3 is 10.3 Å². The molecule has 0 saturated heterocycles. The van der Waals surface area contributed by atoms with Crippen LogP contribution < -0.4 is 5.73 Å². The van der Waals surface area contributed by atoms with Crippen molar-refractivity contribution in [3.05, 3.63) is 53.0 Å². The highest BCUT2D eigenvalue weighted by molar-refractivity contribution is 5.99. The highest BCUT2D eigenvalue weighted by atomic mass is 16.2. The molecule has 2 aromatic heterocycles. The summed E-state index contributed by atoms with van der Waals surface area (Å²) in [6.07, 6.45) is 1.98. The SMILES string of the molecule is Cc1nn(C(=O)c2ccc3c(ccn3C)c2)c(C)c1CN. The average Bonchev–Trinajstić information content (AvgIpc) is 2.98. The number of hydrogen-bond donors (Lipinski definition) is 1. The van der Waals surface area contributed by atoms with Crippen LogP contribution in [0, 0.1) is 13.8 Å². The van der Waals surface area contributed by atoms with Crippen LogP contribution in [0.5, 0.6) is 0 Å². The van der Waals surface area contributed by atoms with Crippen molar-refractivity contribution >= 4 is 16.8 Å². The molecule has 0 unspecified atom stereocenters. The van der Waals surface area contributed by atoms with Crippen LogP contribution >= 0.6 is 0 Å². The van der Waals surface area contributed by atoms with Gasteiger partial charge in [0.1, 0.15) is 0 Å². The highest BCUT2D eigenvalue weighted by Crippen LogP contribution is 2.19. The largest absolute Gasteiger partial charge is 0.351 e. The molecule has 0 bridgehead atoms. The molecule has 3 aromatic rings. The number of aryl methyl sites for hydroxylation is 2. The van der Waals surface area contributed by atoms with Gasteiger partial charge in [0.15, 0.2) is 0 Å². The van der Waals surface area contributed by atoms with Crippen LogP contribution in [-0.4, -0.2) is 20.3 Å². The predicted octanol–water partition coefficient (Wildman–Crippen LogP) is 2.14. The second-order valence-corrected chi connectivity index (χ2v) is 5.27. The van der Waals surface area contributed by atoms with E-state index < -0.39 is 0 Å². The van der Waals surface area contributed by atoms with Crippen molar-refractivity contribution in [3.63, 3.8) is 0 Å². The third kappa shape index (κ3) is 2.06. The third-order valence-electron chi connectivity index (χ3n) is 3.97. The highest BCUT2D eigenvalue weighted by Gasteiger charge is 2.17. The molecule has 0 atom stereocenters. The van der Waals surface area contributed by atoms with Gasteiger partial charge in [-0.05, 0) is 38.1 Å². The van der Waals surface area contributed by atoms with E-state index in [1.807, 2.05) is 55.9 Å². The maximum Gasteiger partial charge on any atom is 0.278 e. The first-order valence-corrected chi connectivity index (χ1v) is 6.88. The average molecular weight is 282 g/mol. The molecule has 0 radical (unpaired) electrons. The van der Waals surface area contributed by atoms with Crippen molar-refractivity contribution in [2.45, 2.75) is 20.4 Å². The molecule has 0 aliphatic heterocycles. The molecule has 0 amide bonds. The van der Waals surface area contributed by atoms with Crippen molar-refractivity contribution in [1.82, 2.24) is 14.3 Å². The maximum atomic E-state index is 12.7. The normalized spacial score (nSPS) is 11.2. The lowest BCUT2D eigenvalue weighted by molar-refractivity contribution is 0.0942. The Morgan fingerprint density at radius 3 is 2.71 bits per heavy atom. The molecule has 0 fully saturated rings. The lowest BCUT2D eigenvalue weighted by atomic mass is 10.1. The summed E-state index contributed by atoms with van der Waals surface area (Å²) in [4.78, 5) is 12.7. The first-order chi connectivity index (χ1) is 10.0. The fourth-order valence-corrected chi connectivity index (χ4v) is 2.71. The summed E-state index contributed by atoms with van der Waals surface area (Å²) in [5.74, 6) is -0.124. The topological polar surface area (TPSA) is 65.8 Å². The van der Waals surface area contributed by atoms with Gasteiger partial charge in [-0.25, -0.2) is 4.68 Å². The van der Waals surface area contributed by atoms with Crippen molar-refractivity contribution in [1.29, 1.82) is 0 Å². The molecule has 5 nitrogen and oxygen atoms in total. The number of fused-ring (bicyclic) bond motifs is 1. The number of hydrogen-bond acceptors (Lipinski definition) is 3. The molecule has 0 spiro atoms. The number of aromatic nitrogens is 3. The zero-order chi connectivity index (χ0) is 15.1. The van der Waals surface area contributed by atoms with E-state index in [9.17, 15) is 4.79 Å². The Balaban J connectivity index is 2.08. The molecule has 0 aliphatic carbocycles. The molecular formula is C16H18N4O. The quantitative estimate of drug-likeness (QED) is 0.783. The van der Waals surface area contributed by atoms with Gasteiger partial charge in [0.25, 0.3) is 5.91 Å². The van der Waals surface area contributed by atoms with Crippen molar-refractivity contribution in [2.75, 3.05) is 0 Å². The molecule has 2 N–H and O–H groups in total. The summed E-state index contributed by atoms with van der Waals surface area (Å²) < 4.78 is 3.47. The van der Waals surface area contributed by atoms with Crippen molar-refractivity contribution in [2.24, 2.45) is 12.8 Å². The van der Waals surface area contributed by atoms with Crippen LogP contribution in [0.1, 0.15) is 27.3 Å². The second kappa shape index (κ2) is 4.86. The molecule has 2 heterocycles. The monoisotopic (exact) mass is 282 g/mol. The Morgan fingerprint density at radius 2 is 2.05 bits per heavy atom. The first-order valence-electron chi connectivity index (χ1n) is 6.88. The lowest BCUT2D eigenvalue weighted by Gasteiger charge is -2.05. The molecule has 1 aromatic carbocycles. The Hall–Kier alpha value is -2.40. The van der Waals surface area contributed by atoms with Crippen LogP contribution in [0.2, 0.25) is 0 Å². The molecule has 21 heavy (non-hydrogen) atoms. The van der Waals surface area contributed by atoms with Gasteiger partial charge in [-0.3, -0.25) is 4.79 Å². The predicted molar refractivity (Wildman–Crippen MR) is 82.2 cm³/mol. The number of rotatable bonds is 2. The minimum absolute atomic E-state index is 0.124. The van der Waals surface area contributed by atoms with E-state index in [-0.39, 0.29) is 5.91 Å². The molecule has 0 saturated carbocycles. The summed E-state index contributed by atoms with van der Waals surface area (Å²) in [6.45, 7) is 4.14. The molecule has 3 rings (SSSR count). The maximum absolute atomic E-state index is 12.7. The van der Waals surface area contributed by atoms with Crippen LogP contribution in [0.15, 0.2) is 30.5 Å². The van der Waals surface area contributed by atoms with Crippen molar-refractivity contribution in [3.8, 4) is 0 Å². The Kier molecular flexibility index (Phi) is 3.14. The number of carbonyl (C=O) groups excluding carboxylic acids is 1. The second-order valence-electron chi connectivity index (χ2n) is 5.27. The number of carbonyl (C=O) groups is 1. The summed E-state index contributed by atoms with van der Waals surface area (Å²) in [7, 11) is 1.98. The Bertz CT molecular complexity index is 841. The number of nitrogens with zero attached hydrogens (tertiary/aromatic N) is 3. The standard InChI is InChI=1S/C16H18N4O/c1-10-14(9-17)11(2)20(18-10)16(21)13-4-5-15-12(8-13)6-7-19(15)3/h4-8H,9,17H2,1-3H3. The first kappa shape index (κ1) is 13.6. The fraction of sp³-hybridized carbons (Fsp3) is 0.250.